The Bertz CT molecular complexity index is 961. The van der Waals surface area contributed by atoms with Crippen molar-refractivity contribution in [2.24, 2.45) is 11.3 Å². The number of likely N-dealkylation sites (N-methyl/N-ethyl adjacent to an activating group) is 1. The average molecular weight is 396 g/mol. The summed E-state index contributed by atoms with van der Waals surface area (Å²) < 4.78 is 1.52. The van der Waals surface area contributed by atoms with Crippen molar-refractivity contribution in [1.82, 2.24) is 24.6 Å². The van der Waals surface area contributed by atoms with E-state index in [-0.39, 0.29) is 24.3 Å². The third-order valence-electron chi connectivity index (χ3n) is 5.14. The SMILES string of the molecule is CC(C)[C@]1(C#N)CCN(c2ccnc(Nc3cnn(CC(=O)N(C)C)c3)n2)C1=O. The lowest BCUT2D eigenvalue weighted by Gasteiger charge is -2.24. The maximum absolute atomic E-state index is 12.9. The minimum Gasteiger partial charge on any atom is -0.347 e. The molecule has 0 unspecified atom stereocenters. The fourth-order valence-corrected chi connectivity index (χ4v) is 3.21. The van der Waals surface area contributed by atoms with Crippen molar-refractivity contribution in [3.05, 3.63) is 24.7 Å². The van der Waals surface area contributed by atoms with Crippen LogP contribution in [-0.2, 0) is 16.1 Å². The quantitative estimate of drug-likeness (QED) is 0.784. The maximum atomic E-state index is 12.9. The van der Waals surface area contributed by atoms with Crippen molar-refractivity contribution in [3.8, 4) is 6.07 Å². The Kier molecular flexibility index (Phi) is 5.50. The second kappa shape index (κ2) is 7.87. The van der Waals surface area contributed by atoms with E-state index < -0.39 is 5.41 Å². The Balaban J connectivity index is 1.75. The number of nitrogens with zero attached hydrogens (tertiary/aromatic N) is 7. The van der Waals surface area contributed by atoms with Crippen molar-refractivity contribution in [2.75, 3.05) is 30.9 Å². The highest BCUT2D eigenvalue weighted by molar-refractivity contribution is 6.01. The molecule has 0 bridgehead atoms. The minimum atomic E-state index is -1.02. The summed E-state index contributed by atoms with van der Waals surface area (Å²) in [7, 11) is 3.37. The predicted octanol–water partition coefficient (Wildman–Crippen LogP) is 1.41. The topological polar surface area (TPSA) is 120 Å². The standard InChI is InChI=1S/C19H24N8O2/c1-13(2)19(12-20)6-8-27(17(19)29)15-5-7-21-18(24-15)23-14-9-22-26(10-14)11-16(28)25(3)4/h5,7,9-10,13H,6,8,11H2,1-4H3,(H,21,23,24)/t19-/m1/s1. The van der Waals surface area contributed by atoms with Gasteiger partial charge in [0.1, 0.15) is 17.8 Å². The summed E-state index contributed by atoms with van der Waals surface area (Å²) in [4.78, 5) is 36.3. The zero-order valence-corrected chi connectivity index (χ0v) is 17.0. The normalized spacial score (nSPS) is 18.8. The molecule has 0 spiro atoms. The number of carbonyl (C=O) groups excluding carboxylic acids is 2. The number of amides is 2. The molecule has 10 nitrogen and oxygen atoms in total. The zero-order valence-electron chi connectivity index (χ0n) is 17.0. The van der Waals surface area contributed by atoms with Crippen LogP contribution in [0.4, 0.5) is 17.5 Å². The van der Waals surface area contributed by atoms with Crippen LogP contribution in [0.1, 0.15) is 20.3 Å². The number of hydrogen-bond donors (Lipinski definition) is 1. The molecular formula is C19H24N8O2. The van der Waals surface area contributed by atoms with Gasteiger partial charge >= 0.3 is 0 Å². The van der Waals surface area contributed by atoms with Crippen molar-refractivity contribution >= 4 is 29.3 Å². The molecule has 0 aromatic carbocycles. The number of aromatic nitrogens is 4. The van der Waals surface area contributed by atoms with Gasteiger partial charge in [-0.05, 0) is 18.4 Å². The third-order valence-corrected chi connectivity index (χ3v) is 5.14. The first kappa shape index (κ1) is 20.3. The summed E-state index contributed by atoms with van der Waals surface area (Å²) in [5, 5.41) is 16.8. The molecule has 2 amide bonds. The fraction of sp³-hybridized carbons (Fsp3) is 0.474. The molecule has 1 aliphatic heterocycles. The van der Waals surface area contributed by atoms with Gasteiger partial charge in [-0.1, -0.05) is 13.8 Å². The van der Waals surface area contributed by atoms with E-state index in [0.29, 0.717) is 30.4 Å². The number of carbonyl (C=O) groups is 2. The molecule has 3 rings (SSSR count). The highest BCUT2D eigenvalue weighted by Crippen LogP contribution is 2.40. The molecule has 1 atom stereocenters. The van der Waals surface area contributed by atoms with E-state index in [2.05, 4.69) is 26.5 Å². The van der Waals surface area contributed by atoms with Crippen LogP contribution in [0, 0.1) is 22.7 Å². The molecule has 1 saturated heterocycles. The molecule has 3 heterocycles. The first-order valence-electron chi connectivity index (χ1n) is 9.32. The van der Waals surface area contributed by atoms with E-state index in [1.54, 1.807) is 38.8 Å². The van der Waals surface area contributed by atoms with E-state index >= 15 is 0 Å². The van der Waals surface area contributed by atoms with E-state index in [1.165, 1.54) is 14.5 Å². The summed E-state index contributed by atoms with van der Waals surface area (Å²) >= 11 is 0. The Labute approximate surface area is 169 Å². The molecule has 1 N–H and O–H groups in total. The van der Waals surface area contributed by atoms with E-state index in [4.69, 9.17) is 0 Å². The molecule has 0 aliphatic carbocycles. The van der Waals surface area contributed by atoms with Gasteiger partial charge in [-0.15, -0.1) is 0 Å². The number of rotatable bonds is 6. The van der Waals surface area contributed by atoms with Crippen LogP contribution < -0.4 is 10.2 Å². The lowest BCUT2D eigenvalue weighted by atomic mass is 9.77. The van der Waals surface area contributed by atoms with Gasteiger partial charge in [-0.25, -0.2) is 4.98 Å². The van der Waals surface area contributed by atoms with Crippen LogP contribution in [0.25, 0.3) is 0 Å². The Morgan fingerprint density at radius 1 is 1.45 bits per heavy atom. The maximum Gasteiger partial charge on any atom is 0.248 e. The van der Waals surface area contributed by atoms with Crippen molar-refractivity contribution in [3.63, 3.8) is 0 Å². The van der Waals surface area contributed by atoms with Crippen LogP contribution >= 0.6 is 0 Å². The molecule has 152 valence electrons. The summed E-state index contributed by atoms with van der Waals surface area (Å²) in [5.41, 5.74) is -0.395. The average Bonchev–Trinajstić information content (AvgIpc) is 3.26. The molecule has 2 aromatic rings. The molecule has 1 aliphatic rings. The van der Waals surface area contributed by atoms with Crippen LogP contribution in [0.5, 0.6) is 0 Å². The van der Waals surface area contributed by atoms with Gasteiger partial charge in [-0.3, -0.25) is 19.2 Å². The van der Waals surface area contributed by atoms with E-state index in [0.717, 1.165) is 0 Å². The van der Waals surface area contributed by atoms with Crippen LogP contribution in [0.3, 0.4) is 0 Å². The summed E-state index contributed by atoms with van der Waals surface area (Å²) in [6, 6.07) is 3.86. The third kappa shape index (κ3) is 3.89. The van der Waals surface area contributed by atoms with Crippen molar-refractivity contribution in [1.29, 1.82) is 5.26 Å². The van der Waals surface area contributed by atoms with Crippen molar-refractivity contribution < 1.29 is 9.59 Å². The van der Waals surface area contributed by atoms with Crippen molar-refractivity contribution in [2.45, 2.75) is 26.8 Å². The smallest absolute Gasteiger partial charge is 0.248 e. The van der Waals surface area contributed by atoms with E-state index in [1.807, 2.05) is 13.8 Å². The molecular weight excluding hydrogens is 372 g/mol. The van der Waals surface area contributed by atoms with Gasteiger partial charge in [0.25, 0.3) is 0 Å². The van der Waals surface area contributed by atoms with Crippen LogP contribution in [0.2, 0.25) is 0 Å². The second-order valence-corrected chi connectivity index (χ2v) is 7.52. The largest absolute Gasteiger partial charge is 0.347 e. The first-order valence-corrected chi connectivity index (χ1v) is 9.32. The molecule has 1 fully saturated rings. The van der Waals surface area contributed by atoms with Gasteiger partial charge in [-0.2, -0.15) is 15.3 Å². The first-order chi connectivity index (χ1) is 13.8. The van der Waals surface area contributed by atoms with Gasteiger partial charge in [0, 0.05) is 33.0 Å². The molecule has 29 heavy (non-hydrogen) atoms. The summed E-state index contributed by atoms with van der Waals surface area (Å²) in [6.45, 7) is 4.33. The van der Waals surface area contributed by atoms with Gasteiger partial charge in [0.05, 0.1) is 18.0 Å². The highest BCUT2D eigenvalue weighted by Gasteiger charge is 2.50. The lowest BCUT2D eigenvalue weighted by molar-refractivity contribution is -0.129. The molecule has 0 radical (unpaired) electrons. The minimum absolute atomic E-state index is 0.0726. The zero-order chi connectivity index (χ0) is 21.2. The molecule has 2 aromatic heterocycles. The highest BCUT2D eigenvalue weighted by atomic mass is 16.2. The lowest BCUT2D eigenvalue weighted by Crippen LogP contribution is -2.37. The molecule has 0 saturated carbocycles. The number of anilines is 3. The van der Waals surface area contributed by atoms with Gasteiger partial charge in [0.15, 0.2) is 0 Å². The van der Waals surface area contributed by atoms with Crippen LogP contribution in [-0.4, -0.2) is 57.1 Å². The Hall–Kier alpha value is -3.48. The fourth-order valence-electron chi connectivity index (χ4n) is 3.21. The summed E-state index contributed by atoms with van der Waals surface area (Å²) in [5.74, 6) is 0.361. The van der Waals surface area contributed by atoms with Crippen LogP contribution in [0.15, 0.2) is 24.7 Å². The van der Waals surface area contributed by atoms with Gasteiger partial charge in [0.2, 0.25) is 17.8 Å². The Morgan fingerprint density at radius 3 is 2.83 bits per heavy atom. The van der Waals surface area contributed by atoms with E-state index in [9.17, 15) is 14.9 Å². The summed E-state index contributed by atoms with van der Waals surface area (Å²) in [6.07, 6.45) is 5.27. The molecule has 10 heteroatoms. The number of nitrogens with one attached hydrogen (secondary N) is 1. The predicted molar refractivity (Wildman–Crippen MR) is 106 cm³/mol. The Morgan fingerprint density at radius 2 is 2.21 bits per heavy atom. The number of nitriles is 1. The monoisotopic (exact) mass is 396 g/mol. The second-order valence-electron chi connectivity index (χ2n) is 7.52. The number of hydrogen-bond acceptors (Lipinski definition) is 7. The van der Waals surface area contributed by atoms with Gasteiger partial charge < -0.3 is 10.2 Å².